The van der Waals surface area contributed by atoms with Crippen LogP contribution in [0.25, 0.3) is 0 Å². The van der Waals surface area contributed by atoms with Gasteiger partial charge in [-0.2, -0.15) is 5.10 Å². The van der Waals surface area contributed by atoms with Crippen LogP contribution in [-0.2, 0) is 11.3 Å². The molecule has 0 aliphatic carbocycles. The molecule has 2 heterocycles. The van der Waals surface area contributed by atoms with Crippen molar-refractivity contribution in [1.82, 2.24) is 24.6 Å². The Morgan fingerprint density at radius 3 is 2.38 bits per heavy atom. The number of carbonyl (C=O) groups excluding carboxylic acids is 2. The Kier molecular flexibility index (Phi) is 6.07. The van der Waals surface area contributed by atoms with Gasteiger partial charge in [-0.3, -0.25) is 14.3 Å². The summed E-state index contributed by atoms with van der Waals surface area (Å²) in [6, 6.07) is -0.139. The summed E-state index contributed by atoms with van der Waals surface area (Å²) in [6.07, 6.45) is 3.70. The molecule has 0 saturated heterocycles. The second-order valence-corrected chi connectivity index (χ2v) is 6.51. The van der Waals surface area contributed by atoms with E-state index in [-0.39, 0.29) is 17.7 Å². The summed E-state index contributed by atoms with van der Waals surface area (Å²) in [6.45, 7) is 7.58. The molecule has 0 radical (unpaired) electrons. The Morgan fingerprint density at radius 2 is 1.88 bits per heavy atom. The fourth-order valence-corrected chi connectivity index (χ4v) is 3.02. The van der Waals surface area contributed by atoms with Gasteiger partial charge in [0, 0.05) is 50.7 Å². The number of carbonyl (C=O) groups is 2. The van der Waals surface area contributed by atoms with Gasteiger partial charge < -0.3 is 10.2 Å². The summed E-state index contributed by atoms with van der Waals surface area (Å²) in [5.41, 5.74) is 3.00. The van der Waals surface area contributed by atoms with E-state index in [4.69, 9.17) is 0 Å². The maximum atomic E-state index is 12.6. The quantitative estimate of drug-likeness (QED) is 0.762. The van der Waals surface area contributed by atoms with Gasteiger partial charge in [0.2, 0.25) is 11.9 Å². The van der Waals surface area contributed by atoms with E-state index < -0.39 is 0 Å². The lowest BCUT2D eigenvalue weighted by Gasteiger charge is -2.20. The molecule has 1 amide bonds. The highest BCUT2D eigenvalue weighted by atomic mass is 16.2. The number of anilines is 1. The number of rotatable bonds is 7. The average molecular weight is 358 g/mol. The number of aromatic nitrogens is 4. The summed E-state index contributed by atoms with van der Waals surface area (Å²) in [7, 11) is 3.51. The number of hydrogen-bond donors (Lipinski definition) is 1. The molecule has 0 spiro atoms. The van der Waals surface area contributed by atoms with Gasteiger partial charge >= 0.3 is 0 Å². The molecule has 0 saturated carbocycles. The Balaban J connectivity index is 2.04. The van der Waals surface area contributed by atoms with Gasteiger partial charge in [0.1, 0.15) is 0 Å². The number of nitrogens with zero attached hydrogens (tertiary/aromatic N) is 5. The Hall–Kier alpha value is -2.77. The third-order valence-electron chi connectivity index (χ3n) is 4.34. The summed E-state index contributed by atoms with van der Waals surface area (Å²) in [4.78, 5) is 34.3. The summed E-state index contributed by atoms with van der Waals surface area (Å²) < 4.78 is 1.77. The SMILES string of the molecule is CNc1ncc(CN(C)C(=O)C[C@H](C)n2nc(C)c(C(C)=O)c2C)cn1. The van der Waals surface area contributed by atoms with Crippen molar-refractivity contribution in [3.8, 4) is 0 Å². The first-order valence-corrected chi connectivity index (χ1v) is 8.53. The first-order valence-electron chi connectivity index (χ1n) is 8.53. The molecule has 0 bridgehead atoms. The molecule has 1 N–H and O–H groups in total. The van der Waals surface area contributed by atoms with Crippen molar-refractivity contribution in [1.29, 1.82) is 0 Å². The lowest BCUT2D eigenvalue weighted by molar-refractivity contribution is -0.131. The molecule has 0 aliphatic heterocycles. The second kappa shape index (κ2) is 8.07. The first kappa shape index (κ1) is 19.6. The predicted octanol–water partition coefficient (Wildman–Crippen LogP) is 2.14. The van der Waals surface area contributed by atoms with Crippen molar-refractivity contribution < 1.29 is 9.59 Å². The zero-order valence-corrected chi connectivity index (χ0v) is 16.2. The van der Waals surface area contributed by atoms with Crippen molar-refractivity contribution in [2.45, 2.75) is 46.7 Å². The number of aryl methyl sites for hydroxylation is 1. The summed E-state index contributed by atoms with van der Waals surface area (Å²) in [5, 5.41) is 7.30. The van der Waals surface area contributed by atoms with Crippen molar-refractivity contribution in [3.63, 3.8) is 0 Å². The van der Waals surface area contributed by atoms with Crippen LogP contribution in [0.2, 0.25) is 0 Å². The molecule has 0 aliphatic rings. The molecular weight excluding hydrogens is 332 g/mol. The fraction of sp³-hybridized carbons (Fsp3) is 0.500. The van der Waals surface area contributed by atoms with Gasteiger partial charge in [-0.05, 0) is 27.7 Å². The number of amides is 1. The molecule has 140 valence electrons. The van der Waals surface area contributed by atoms with E-state index in [0.717, 1.165) is 11.3 Å². The predicted molar refractivity (Wildman–Crippen MR) is 99.1 cm³/mol. The molecule has 26 heavy (non-hydrogen) atoms. The van der Waals surface area contributed by atoms with Crippen LogP contribution in [-0.4, -0.2) is 50.4 Å². The highest BCUT2D eigenvalue weighted by molar-refractivity contribution is 5.96. The minimum absolute atomic E-state index is 0.00730. The van der Waals surface area contributed by atoms with Crippen LogP contribution < -0.4 is 5.32 Å². The van der Waals surface area contributed by atoms with Gasteiger partial charge in [-0.25, -0.2) is 9.97 Å². The minimum atomic E-state index is -0.139. The zero-order chi connectivity index (χ0) is 19.4. The van der Waals surface area contributed by atoms with Gasteiger partial charge in [0.25, 0.3) is 0 Å². The monoisotopic (exact) mass is 358 g/mol. The van der Waals surface area contributed by atoms with Gasteiger partial charge in [-0.1, -0.05) is 0 Å². The molecule has 0 fully saturated rings. The zero-order valence-electron chi connectivity index (χ0n) is 16.2. The minimum Gasteiger partial charge on any atom is -0.357 e. The Labute approximate surface area is 153 Å². The number of ketones is 1. The van der Waals surface area contributed by atoms with E-state index in [1.165, 1.54) is 6.92 Å². The average Bonchev–Trinajstić information content (AvgIpc) is 2.90. The standard InChI is InChI=1S/C18H26N6O2/c1-11(24-13(3)17(14(4)25)12(2)22-24)7-16(26)23(6)10-15-8-20-18(19-5)21-9-15/h8-9,11H,7,10H2,1-6H3,(H,19,20,21)/t11-/m0/s1. The fourth-order valence-electron chi connectivity index (χ4n) is 3.02. The first-order chi connectivity index (χ1) is 12.2. The Morgan fingerprint density at radius 1 is 1.27 bits per heavy atom. The highest BCUT2D eigenvalue weighted by Gasteiger charge is 2.21. The van der Waals surface area contributed by atoms with Gasteiger partial charge in [-0.15, -0.1) is 0 Å². The third kappa shape index (κ3) is 4.25. The van der Waals surface area contributed by atoms with Crippen LogP contribution in [0.5, 0.6) is 0 Å². The summed E-state index contributed by atoms with van der Waals surface area (Å²) in [5.74, 6) is 0.529. The maximum absolute atomic E-state index is 12.6. The topological polar surface area (TPSA) is 93.0 Å². The van der Waals surface area contributed by atoms with Crippen LogP contribution in [0.4, 0.5) is 5.95 Å². The van der Waals surface area contributed by atoms with E-state index >= 15 is 0 Å². The molecule has 0 unspecified atom stereocenters. The van der Waals surface area contributed by atoms with Crippen LogP contribution in [0.3, 0.4) is 0 Å². The highest BCUT2D eigenvalue weighted by Crippen LogP contribution is 2.20. The van der Waals surface area contributed by atoms with Crippen molar-refractivity contribution in [2.75, 3.05) is 19.4 Å². The van der Waals surface area contributed by atoms with Crippen molar-refractivity contribution >= 4 is 17.6 Å². The molecule has 2 aromatic heterocycles. The van der Waals surface area contributed by atoms with Crippen LogP contribution in [0, 0.1) is 13.8 Å². The van der Waals surface area contributed by atoms with Crippen LogP contribution in [0.1, 0.15) is 53.6 Å². The molecular formula is C18H26N6O2. The Bertz CT molecular complexity index is 797. The lowest BCUT2D eigenvalue weighted by Crippen LogP contribution is -2.28. The number of Topliss-reactive ketones (excluding diaryl/α,β-unsaturated/α-hetero) is 1. The number of nitrogens with one attached hydrogen (secondary N) is 1. The van der Waals surface area contributed by atoms with E-state index in [1.54, 1.807) is 36.1 Å². The van der Waals surface area contributed by atoms with E-state index in [2.05, 4.69) is 20.4 Å². The van der Waals surface area contributed by atoms with Crippen molar-refractivity contribution in [2.24, 2.45) is 0 Å². The largest absolute Gasteiger partial charge is 0.357 e. The van der Waals surface area contributed by atoms with Gasteiger partial charge in [0.05, 0.1) is 17.3 Å². The molecule has 2 rings (SSSR count). The maximum Gasteiger partial charge on any atom is 0.224 e. The molecule has 2 aromatic rings. The van der Waals surface area contributed by atoms with E-state index in [1.807, 2.05) is 20.8 Å². The smallest absolute Gasteiger partial charge is 0.224 e. The second-order valence-electron chi connectivity index (χ2n) is 6.51. The third-order valence-corrected chi connectivity index (χ3v) is 4.34. The van der Waals surface area contributed by atoms with E-state index in [0.29, 0.717) is 30.2 Å². The lowest BCUT2D eigenvalue weighted by atomic mass is 10.1. The molecule has 1 atom stereocenters. The normalized spacial score (nSPS) is 11.9. The van der Waals surface area contributed by atoms with Crippen LogP contribution >= 0.6 is 0 Å². The molecule has 0 aromatic carbocycles. The van der Waals surface area contributed by atoms with Crippen molar-refractivity contribution in [3.05, 3.63) is 34.9 Å². The molecule has 8 nitrogen and oxygen atoms in total. The molecule has 8 heteroatoms. The van der Waals surface area contributed by atoms with Gasteiger partial charge in [0.15, 0.2) is 5.78 Å². The van der Waals surface area contributed by atoms with Crippen LogP contribution in [0.15, 0.2) is 12.4 Å². The summed E-state index contributed by atoms with van der Waals surface area (Å²) >= 11 is 0. The number of hydrogen-bond acceptors (Lipinski definition) is 6. The van der Waals surface area contributed by atoms with E-state index in [9.17, 15) is 9.59 Å².